The number of amides is 1. The van der Waals surface area contributed by atoms with E-state index in [0.29, 0.717) is 6.54 Å². The Kier molecular flexibility index (Phi) is 5.20. The molecule has 1 amide bonds. The van der Waals surface area contributed by atoms with Crippen molar-refractivity contribution in [3.63, 3.8) is 0 Å². The lowest BCUT2D eigenvalue weighted by molar-refractivity contribution is 0.0948. The fourth-order valence-electron chi connectivity index (χ4n) is 2.24. The summed E-state index contributed by atoms with van der Waals surface area (Å²) in [5, 5.41) is 25.0. The Morgan fingerprint density at radius 2 is 2.05 bits per heavy atom. The number of nitrogens with one attached hydrogen (secondary N) is 2. The van der Waals surface area contributed by atoms with Crippen molar-refractivity contribution in [3.05, 3.63) is 23.8 Å². The highest BCUT2D eigenvalue weighted by molar-refractivity contribution is 5.97. The highest BCUT2D eigenvalue weighted by Crippen LogP contribution is 2.21. The third-order valence-corrected chi connectivity index (χ3v) is 3.37. The van der Waals surface area contributed by atoms with Crippen LogP contribution in [0.2, 0.25) is 0 Å². The van der Waals surface area contributed by atoms with Crippen molar-refractivity contribution >= 4 is 5.91 Å². The Bertz CT molecular complexity index is 459. The Labute approximate surface area is 118 Å². The van der Waals surface area contributed by atoms with Gasteiger partial charge in [-0.15, -0.1) is 0 Å². The van der Waals surface area contributed by atoms with E-state index in [4.69, 9.17) is 0 Å². The molecule has 1 aromatic rings. The van der Waals surface area contributed by atoms with E-state index in [1.54, 1.807) is 0 Å². The van der Waals surface area contributed by atoms with Crippen LogP contribution in [-0.4, -0.2) is 60.3 Å². The van der Waals surface area contributed by atoms with E-state index >= 15 is 0 Å². The van der Waals surface area contributed by atoms with Crippen LogP contribution in [0.1, 0.15) is 16.8 Å². The van der Waals surface area contributed by atoms with Crippen molar-refractivity contribution in [3.8, 4) is 11.5 Å². The van der Waals surface area contributed by atoms with Crippen LogP contribution in [0.5, 0.6) is 11.5 Å². The third kappa shape index (κ3) is 4.11. The summed E-state index contributed by atoms with van der Waals surface area (Å²) in [7, 11) is 0. The van der Waals surface area contributed by atoms with Gasteiger partial charge in [0.25, 0.3) is 5.91 Å². The quantitative estimate of drug-likeness (QED) is 0.454. The minimum atomic E-state index is -0.362. The van der Waals surface area contributed by atoms with E-state index in [-0.39, 0.29) is 23.0 Å². The number of aromatic hydroxyl groups is 2. The molecule has 0 spiro atoms. The maximum atomic E-state index is 11.9. The maximum Gasteiger partial charge on any atom is 0.255 e. The Morgan fingerprint density at radius 3 is 2.80 bits per heavy atom. The lowest BCUT2D eigenvalue weighted by atomic mass is 10.1. The van der Waals surface area contributed by atoms with Gasteiger partial charge in [-0.3, -0.25) is 4.79 Å². The van der Waals surface area contributed by atoms with Gasteiger partial charge >= 0.3 is 0 Å². The van der Waals surface area contributed by atoms with Crippen LogP contribution < -0.4 is 10.6 Å². The van der Waals surface area contributed by atoms with Crippen LogP contribution in [0.4, 0.5) is 0 Å². The van der Waals surface area contributed by atoms with Gasteiger partial charge < -0.3 is 25.7 Å². The summed E-state index contributed by atoms with van der Waals surface area (Å²) in [6.45, 7) is 5.63. The molecule has 6 heteroatoms. The summed E-state index contributed by atoms with van der Waals surface area (Å²) >= 11 is 0. The normalized spacial score (nSPS) is 16.0. The van der Waals surface area contributed by atoms with Gasteiger partial charge in [0.05, 0.1) is 5.56 Å². The maximum absolute atomic E-state index is 11.9. The number of piperazine rings is 1. The number of carbonyl (C=O) groups excluding carboxylic acids is 1. The Morgan fingerprint density at radius 1 is 1.30 bits per heavy atom. The first kappa shape index (κ1) is 14.6. The number of carbonyl (C=O) groups is 1. The number of rotatable bonds is 5. The molecule has 2 rings (SSSR count). The Balaban J connectivity index is 1.73. The highest BCUT2D eigenvalue weighted by Gasteiger charge is 2.12. The molecule has 0 aliphatic carbocycles. The summed E-state index contributed by atoms with van der Waals surface area (Å²) in [4.78, 5) is 14.2. The molecule has 0 bridgehead atoms. The molecule has 0 saturated carbocycles. The van der Waals surface area contributed by atoms with Gasteiger partial charge in [0.2, 0.25) is 0 Å². The molecule has 20 heavy (non-hydrogen) atoms. The number of phenols is 2. The van der Waals surface area contributed by atoms with E-state index in [1.165, 1.54) is 18.2 Å². The summed E-state index contributed by atoms with van der Waals surface area (Å²) in [5.74, 6) is -0.519. The molecule has 4 N–H and O–H groups in total. The summed E-state index contributed by atoms with van der Waals surface area (Å²) < 4.78 is 0. The van der Waals surface area contributed by atoms with Crippen molar-refractivity contribution in [1.29, 1.82) is 0 Å². The molecular formula is C14H21N3O3. The average molecular weight is 279 g/mol. The molecule has 1 heterocycles. The number of benzene rings is 1. The van der Waals surface area contributed by atoms with Crippen molar-refractivity contribution in [1.82, 2.24) is 15.5 Å². The molecule has 1 aliphatic rings. The van der Waals surface area contributed by atoms with Gasteiger partial charge in [0, 0.05) is 32.7 Å². The lowest BCUT2D eigenvalue weighted by Gasteiger charge is -2.27. The van der Waals surface area contributed by atoms with Crippen LogP contribution in [0, 0.1) is 0 Å². The van der Waals surface area contributed by atoms with Crippen molar-refractivity contribution in [2.45, 2.75) is 6.42 Å². The summed E-state index contributed by atoms with van der Waals surface area (Å²) in [6.07, 6.45) is 0.866. The molecule has 1 saturated heterocycles. The predicted octanol–water partition coefficient (Wildman–Crippen LogP) is 0.123. The minimum Gasteiger partial charge on any atom is -0.508 e. The zero-order valence-corrected chi connectivity index (χ0v) is 11.4. The Hall–Kier alpha value is -1.79. The fraction of sp³-hybridized carbons (Fsp3) is 0.500. The van der Waals surface area contributed by atoms with E-state index < -0.39 is 0 Å². The lowest BCUT2D eigenvalue weighted by Crippen LogP contribution is -2.44. The van der Waals surface area contributed by atoms with Gasteiger partial charge in [-0.1, -0.05) is 0 Å². The number of hydrogen-bond acceptors (Lipinski definition) is 5. The van der Waals surface area contributed by atoms with Crippen molar-refractivity contribution in [2.24, 2.45) is 0 Å². The van der Waals surface area contributed by atoms with Crippen LogP contribution in [0.15, 0.2) is 18.2 Å². The molecule has 6 nitrogen and oxygen atoms in total. The minimum absolute atomic E-state index is 0.0335. The second kappa shape index (κ2) is 7.12. The van der Waals surface area contributed by atoms with E-state index in [0.717, 1.165) is 39.1 Å². The van der Waals surface area contributed by atoms with Crippen LogP contribution in [0.3, 0.4) is 0 Å². The monoisotopic (exact) mass is 279 g/mol. The van der Waals surface area contributed by atoms with Crippen molar-refractivity contribution in [2.75, 3.05) is 39.3 Å². The second-order valence-corrected chi connectivity index (χ2v) is 4.90. The molecular weight excluding hydrogens is 258 g/mol. The van der Waals surface area contributed by atoms with Gasteiger partial charge in [-0.05, 0) is 31.2 Å². The largest absolute Gasteiger partial charge is 0.508 e. The number of hydrogen-bond donors (Lipinski definition) is 4. The highest BCUT2D eigenvalue weighted by atomic mass is 16.3. The molecule has 1 aliphatic heterocycles. The first-order valence-corrected chi connectivity index (χ1v) is 6.90. The molecule has 0 unspecified atom stereocenters. The molecule has 1 aromatic carbocycles. The first-order valence-electron chi connectivity index (χ1n) is 6.90. The fourth-order valence-corrected chi connectivity index (χ4v) is 2.24. The van der Waals surface area contributed by atoms with Gasteiger partial charge in [-0.25, -0.2) is 0 Å². The SMILES string of the molecule is O=C(NCCCN1CCNCC1)c1cc(O)ccc1O. The van der Waals surface area contributed by atoms with Crippen molar-refractivity contribution < 1.29 is 15.0 Å². The predicted molar refractivity (Wildman–Crippen MR) is 76.0 cm³/mol. The van der Waals surface area contributed by atoms with Gasteiger partial charge in [-0.2, -0.15) is 0 Å². The van der Waals surface area contributed by atoms with Gasteiger partial charge in [0.15, 0.2) is 0 Å². The summed E-state index contributed by atoms with van der Waals surface area (Å²) in [6, 6.07) is 3.92. The zero-order chi connectivity index (χ0) is 14.4. The molecule has 0 aromatic heterocycles. The van der Waals surface area contributed by atoms with E-state index in [9.17, 15) is 15.0 Å². The topological polar surface area (TPSA) is 84.8 Å². The first-order chi connectivity index (χ1) is 9.66. The summed E-state index contributed by atoms with van der Waals surface area (Å²) in [5.41, 5.74) is 0.104. The number of phenolic OH excluding ortho intramolecular Hbond substituents is 2. The van der Waals surface area contributed by atoms with Crippen LogP contribution in [0.25, 0.3) is 0 Å². The van der Waals surface area contributed by atoms with Crippen LogP contribution >= 0.6 is 0 Å². The third-order valence-electron chi connectivity index (χ3n) is 3.37. The average Bonchev–Trinajstić information content (AvgIpc) is 2.47. The molecule has 0 radical (unpaired) electrons. The van der Waals surface area contributed by atoms with Crippen LogP contribution in [-0.2, 0) is 0 Å². The van der Waals surface area contributed by atoms with Gasteiger partial charge in [0.1, 0.15) is 11.5 Å². The van der Waals surface area contributed by atoms with E-state index in [2.05, 4.69) is 15.5 Å². The van der Waals surface area contributed by atoms with E-state index in [1.807, 2.05) is 0 Å². The smallest absolute Gasteiger partial charge is 0.255 e. The molecule has 110 valence electrons. The standard InChI is InChI=1S/C14H21N3O3/c18-11-2-3-13(19)12(10-11)14(20)16-4-1-7-17-8-5-15-6-9-17/h2-3,10,15,18-19H,1,4-9H2,(H,16,20). The molecule has 1 fully saturated rings. The zero-order valence-electron chi connectivity index (χ0n) is 11.4. The molecule has 0 atom stereocenters. The number of nitrogens with zero attached hydrogens (tertiary/aromatic N) is 1. The second-order valence-electron chi connectivity index (χ2n) is 4.90.